The van der Waals surface area contributed by atoms with Crippen LogP contribution in [0.25, 0.3) is 0 Å². The van der Waals surface area contributed by atoms with Gasteiger partial charge in [-0.3, -0.25) is 0 Å². The molecule has 0 spiro atoms. The molecule has 0 N–H and O–H groups in total. The van der Waals surface area contributed by atoms with Crippen molar-refractivity contribution in [2.45, 2.75) is 44.6 Å². The van der Waals surface area contributed by atoms with Crippen LogP contribution in [0.4, 0.5) is 13.2 Å². The molecule has 0 aromatic heterocycles. The third-order valence-electron chi connectivity index (χ3n) is 3.08. The van der Waals surface area contributed by atoms with Crippen LogP contribution in [0.1, 0.15) is 37.0 Å². The van der Waals surface area contributed by atoms with Crippen molar-refractivity contribution in [1.82, 2.24) is 0 Å². The molecule has 18 heavy (non-hydrogen) atoms. The lowest BCUT2D eigenvalue weighted by atomic mass is 9.98. The van der Waals surface area contributed by atoms with E-state index in [4.69, 9.17) is 0 Å². The van der Waals surface area contributed by atoms with Crippen LogP contribution in [0.3, 0.4) is 0 Å². The zero-order valence-electron chi connectivity index (χ0n) is 10.8. The third-order valence-corrected chi connectivity index (χ3v) is 4.60. The van der Waals surface area contributed by atoms with Crippen molar-refractivity contribution in [3.63, 3.8) is 0 Å². The van der Waals surface area contributed by atoms with Crippen molar-refractivity contribution in [3.05, 3.63) is 34.9 Å². The number of rotatable bonds is 4. The molecule has 0 saturated carbocycles. The topological polar surface area (TPSA) is 0 Å². The van der Waals surface area contributed by atoms with Crippen LogP contribution in [0, 0.1) is 12.8 Å². The quantitative estimate of drug-likeness (QED) is 0.654. The van der Waals surface area contributed by atoms with Gasteiger partial charge in [0.15, 0.2) is 0 Å². The fourth-order valence-corrected chi connectivity index (χ4v) is 2.01. The van der Waals surface area contributed by atoms with Crippen LogP contribution >= 0.6 is 15.9 Å². The van der Waals surface area contributed by atoms with Crippen molar-refractivity contribution in [3.8, 4) is 0 Å². The zero-order valence-corrected chi connectivity index (χ0v) is 12.4. The van der Waals surface area contributed by atoms with E-state index < -0.39 is 11.7 Å². The number of aryl methyl sites for hydroxylation is 2. The lowest BCUT2D eigenvalue weighted by Gasteiger charge is -2.15. The van der Waals surface area contributed by atoms with E-state index in [0.717, 1.165) is 18.4 Å². The Bertz CT molecular complexity index is 397. The summed E-state index contributed by atoms with van der Waals surface area (Å²) in [5, 5.41) is 0. The molecule has 0 aliphatic rings. The molecule has 1 unspecified atom stereocenters. The molecule has 0 aliphatic carbocycles. The second-order valence-electron chi connectivity index (χ2n) is 4.94. The molecule has 1 atom stereocenters. The van der Waals surface area contributed by atoms with E-state index in [0.29, 0.717) is 16.3 Å². The molecule has 0 bridgehead atoms. The fourth-order valence-electron chi connectivity index (χ4n) is 1.78. The summed E-state index contributed by atoms with van der Waals surface area (Å²) in [4.78, 5) is 0.402. The average molecular weight is 323 g/mol. The highest BCUT2D eigenvalue weighted by Crippen LogP contribution is 2.31. The van der Waals surface area contributed by atoms with E-state index in [1.54, 1.807) is 13.0 Å². The highest BCUT2D eigenvalue weighted by atomic mass is 79.9. The first-order chi connectivity index (χ1) is 8.21. The van der Waals surface area contributed by atoms with Gasteiger partial charge in [-0.2, -0.15) is 13.2 Å². The maximum Gasteiger partial charge on any atom is 0.416 e. The number of hydrogen-bond acceptors (Lipinski definition) is 0. The number of benzene rings is 1. The van der Waals surface area contributed by atoms with Crippen LogP contribution < -0.4 is 0 Å². The fraction of sp³-hybridized carbons (Fsp3) is 0.571. The highest BCUT2D eigenvalue weighted by Gasteiger charge is 2.30. The normalized spacial score (nSPS) is 14.0. The van der Waals surface area contributed by atoms with Gasteiger partial charge in [0.05, 0.1) is 5.56 Å². The summed E-state index contributed by atoms with van der Waals surface area (Å²) in [7, 11) is 0. The molecule has 102 valence electrons. The Hall–Kier alpha value is -0.510. The van der Waals surface area contributed by atoms with Gasteiger partial charge >= 0.3 is 6.18 Å². The molecule has 0 radical (unpaired) electrons. The van der Waals surface area contributed by atoms with Crippen molar-refractivity contribution in [2.24, 2.45) is 5.92 Å². The maximum atomic E-state index is 12.5. The van der Waals surface area contributed by atoms with E-state index in [2.05, 4.69) is 29.8 Å². The first-order valence-electron chi connectivity index (χ1n) is 6.02. The Morgan fingerprint density at radius 3 is 2.28 bits per heavy atom. The van der Waals surface area contributed by atoms with Crippen LogP contribution in [0.5, 0.6) is 0 Å². The largest absolute Gasteiger partial charge is 0.416 e. The predicted molar refractivity (Wildman–Crippen MR) is 72.1 cm³/mol. The smallest absolute Gasteiger partial charge is 0.166 e. The SMILES string of the molecule is Cc1cc(C(F)(F)F)ccc1CCC(Br)C(C)C. The number of alkyl halides is 4. The van der Waals surface area contributed by atoms with E-state index in [9.17, 15) is 13.2 Å². The molecule has 0 amide bonds. The monoisotopic (exact) mass is 322 g/mol. The summed E-state index contributed by atoms with van der Waals surface area (Å²) in [6.45, 7) is 5.99. The Kier molecular flexibility index (Phi) is 5.26. The van der Waals surface area contributed by atoms with Crippen LogP contribution in [-0.2, 0) is 12.6 Å². The lowest BCUT2D eigenvalue weighted by Crippen LogP contribution is -2.09. The van der Waals surface area contributed by atoms with Gasteiger partial charge in [0, 0.05) is 4.83 Å². The maximum absolute atomic E-state index is 12.5. The summed E-state index contributed by atoms with van der Waals surface area (Å²) >= 11 is 3.59. The molecule has 0 aliphatic heterocycles. The predicted octanol–water partition coefficient (Wildman–Crippen LogP) is 5.37. The molecule has 0 heterocycles. The van der Waals surface area contributed by atoms with Gasteiger partial charge in [-0.15, -0.1) is 0 Å². The first kappa shape index (κ1) is 15.5. The van der Waals surface area contributed by atoms with Crippen molar-refractivity contribution < 1.29 is 13.2 Å². The van der Waals surface area contributed by atoms with E-state index >= 15 is 0 Å². The molecule has 4 heteroatoms. The molecule has 0 fully saturated rings. The minimum atomic E-state index is -4.25. The minimum absolute atomic E-state index is 0.402. The Morgan fingerprint density at radius 1 is 1.22 bits per heavy atom. The molecule has 0 nitrogen and oxygen atoms in total. The Labute approximate surface area is 115 Å². The van der Waals surface area contributed by atoms with Gasteiger partial charge < -0.3 is 0 Å². The average Bonchev–Trinajstić information content (AvgIpc) is 2.25. The summed E-state index contributed by atoms with van der Waals surface area (Å²) in [6, 6.07) is 3.99. The van der Waals surface area contributed by atoms with Crippen LogP contribution in [0.2, 0.25) is 0 Å². The van der Waals surface area contributed by atoms with Gasteiger partial charge in [-0.25, -0.2) is 0 Å². The van der Waals surface area contributed by atoms with Gasteiger partial charge in [0.2, 0.25) is 0 Å². The summed E-state index contributed by atoms with van der Waals surface area (Å²) < 4.78 is 37.5. The summed E-state index contributed by atoms with van der Waals surface area (Å²) in [6.07, 6.45) is -2.51. The van der Waals surface area contributed by atoms with Crippen LogP contribution in [-0.4, -0.2) is 4.83 Å². The number of hydrogen-bond donors (Lipinski definition) is 0. The van der Waals surface area contributed by atoms with E-state index in [-0.39, 0.29) is 0 Å². The summed E-state index contributed by atoms with van der Waals surface area (Å²) in [5.74, 6) is 0.528. The van der Waals surface area contributed by atoms with Gasteiger partial charge in [-0.05, 0) is 48.9 Å². The second kappa shape index (κ2) is 6.09. The standard InChI is InChI=1S/C14H18BrF3/c1-9(2)13(15)7-5-11-4-6-12(8-10(11)3)14(16,17)18/h4,6,8-9,13H,5,7H2,1-3H3. The summed E-state index contributed by atoms with van der Waals surface area (Å²) in [5.41, 5.74) is 1.14. The molecule has 1 rings (SSSR count). The van der Waals surface area contributed by atoms with Gasteiger partial charge in [0.25, 0.3) is 0 Å². The zero-order chi connectivity index (χ0) is 13.9. The van der Waals surface area contributed by atoms with E-state index in [1.807, 2.05) is 0 Å². The lowest BCUT2D eigenvalue weighted by molar-refractivity contribution is -0.137. The van der Waals surface area contributed by atoms with Gasteiger partial charge in [0.1, 0.15) is 0 Å². The van der Waals surface area contributed by atoms with Crippen molar-refractivity contribution in [2.75, 3.05) is 0 Å². The molecule has 1 aromatic rings. The Balaban J connectivity index is 2.75. The molecule has 1 aromatic carbocycles. The second-order valence-corrected chi connectivity index (χ2v) is 6.11. The van der Waals surface area contributed by atoms with Crippen molar-refractivity contribution in [1.29, 1.82) is 0 Å². The van der Waals surface area contributed by atoms with Gasteiger partial charge in [-0.1, -0.05) is 35.8 Å². The number of halogens is 4. The first-order valence-corrected chi connectivity index (χ1v) is 6.94. The molecule has 0 saturated heterocycles. The Morgan fingerprint density at radius 2 is 1.83 bits per heavy atom. The molecular formula is C14H18BrF3. The molecular weight excluding hydrogens is 305 g/mol. The van der Waals surface area contributed by atoms with Crippen molar-refractivity contribution >= 4 is 15.9 Å². The minimum Gasteiger partial charge on any atom is -0.166 e. The third kappa shape index (κ3) is 4.30. The van der Waals surface area contributed by atoms with Crippen LogP contribution in [0.15, 0.2) is 18.2 Å². The van der Waals surface area contributed by atoms with E-state index in [1.165, 1.54) is 12.1 Å². The highest BCUT2D eigenvalue weighted by molar-refractivity contribution is 9.09.